The number of nitrogens with zero attached hydrogens (tertiary/aromatic N) is 1. The highest BCUT2D eigenvalue weighted by Gasteiger charge is 2.15. The molecule has 1 rings (SSSR count). The number of hydrogen-bond donors (Lipinski definition) is 2. The number of aliphatic hydroxyl groups is 1. The lowest BCUT2D eigenvalue weighted by molar-refractivity contribution is 0.143. The number of hydrogen-bond acceptors (Lipinski definition) is 3. The van der Waals surface area contributed by atoms with E-state index in [1.807, 2.05) is 6.92 Å². The Morgan fingerprint density at radius 3 is 2.85 bits per heavy atom. The second kappa shape index (κ2) is 4.30. The zero-order chi connectivity index (χ0) is 9.84. The fourth-order valence-corrected chi connectivity index (χ4v) is 1.06. The van der Waals surface area contributed by atoms with Crippen LogP contribution >= 0.6 is 0 Å². The highest BCUT2D eigenvalue weighted by atomic mass is 19.1. The molecular formula is C9H13FN2O. The number of rotatable bonds is 3. The van der Waals surface area contributed by atoms with Crippen molar-refractivity contribution in [2.75, 3.05) is 0 Å². The summed E-state index contributed by atoms with van der Waals surface area (Å²) in [5.74, 6) is -0.458. The predicted molar refractivity (Wildman–Crippen MR) is 47.4 cm³/mol. The van der Waals surface area contributed by atoms with Crippen molar-refractivity contribution in [1.82, 2.24) is 4.98 Å². The smallest absolute Gasteiger partial charge is 0.141 e. The first-order valence-electron chi connectivity index (χ1n) is 4.19. The molecule has 0 spiro atoms. The Morgan fingerprint density at radius 1 is 1.62 bits per heavy atom. The molecule has 3 nitrogen and oxygen atoms in total. The monoisotopic (exact) mass is 184 g/mol. The van der Waals surface area contributed by atoms with Crippen LogP contribution in [0.25, 0.3) is 0 Å². The third-order valence-electron chi connectivity index (χ3n) is 1.94. The Kier molecular flexibility index (Phi) is 3.33. The lowest BCUT2D eigenvalue weighted by atomic mass is 10.0. The SMILES string of the molecule is CC[C@@H](N)[C@H](O)c1cncc(F)c1. The molecule has 2 atom stereocenters. The van der Waals surface area contributed by atoms with Crippen LogP contribution in [0.2, 0.25) is 0 Å². The first-order valence-corrected chi connectivity index (χ1v) is 4.19. The summed E-state index contributed by atoms with van der Waals surface area (Å²) >= 11 is 0. The van der Waals surface area contributed by atoms with Gasteiger partial charge in [0, 0.05) is 17.8 Å². The zero-order valence-corrected chi connectivity index (χ0v) is 7.44. The van der Waals surface area contributed by atoms with E-state index in [-0.39, 0.29) is 6.04 Å². The molecule has 13 heavy (non-hydrogen) atoms. The van der Waals surface area contributed by atoms with Crippen LogP contribution in [0.1, 0.15) is 25.0 Å². The Morgan fingerprint density at radius 2 is 2.31 bits per heavy atom. The molecule has 0 aromatic carbocycles. The molecule has 0 saturated carbocycles. The van der Waals surface area contributed by atoms with E-state index in [2.05, 4.69) is 4.98 Å². The molecule has 0 radical (unpaired) electrons. The molecule has 3 N–H and O–H groups in total. The van der Waals surface area contributed by atoms with Gasteiger partial charge in [-0.3, -0.25) is 4.98 Å². The summed E-state index contributed by atoms with van der Waals surface area (Å²) in [6.45, 7) is 1.86. The molecule has 0 fully saturated rings. The van der Waals surface area contributed by atoms with E-state index in [1.54, 1.807) is 0 Å². The summed E-state index contributed by atoms with van der Waals surface area (Å²) < 4.78 is 12.7. The van der Waals surface area contributed by atoms with E-state index in [1.165, 1.54) is 12.3 Å². The van der Waals surface area contributed by atoms with Gasteiger partial charge in [0.2, 0.25) is 0 Å². The van der Waals surface area contributed by atoms with Gasteiger partial charge in [-0.25, -0.2) is 4.39 Å². The van der Waals surface area contributed by atoms with Crippen LogP contribution in [0.3, 0.4) is 0 Å². The van der Waals surface area contributed by atoms with E-state index in [9.17, 15) is 9.50 Å². The molecule has 0 unspecified atom stereocenters. The molecule has 0 bridgehead atoms. The highest BCUT2D eigenvalue weighted by Crippen LogP contribution is 2.16. The van der Waals surface area contributed by atoms with Crippen molar-refractivity contribution in [2.45, 2.75) is 25.5 Å². The summed E-state index contributed by atoms with van der Waals surface area (Å²) in [7, 11) is 0. The summed E-state index contributed by atoms with van der Waals surface area (Å²) in [5, 5.41) is 9.58. The topological polar surface area (TPSA) is 59.1 Å². The standard InChI is InChI=1S/C9H13FN2O/c1-2-8(11)9(13)6-3-7(10)5-12-4-6/h3-5,8-9,13H,2,11H2,1H3/t8-,9-/m1/s1. The minimum absolute atomic E-state index is 0.372. The van der Waals surface area contributed by atoms with Crippen molar-refractivity contribution in [3.8, 4) is 0 Å². The largest absolute Gasteiger partial charge is 0.387 e. The van der Waals surface area contributed by atoms with E-state index in [0.29, 0.717) is 12.0 Å². The lowest BCUT2D eigenvalue weighted by Crippen LogP contribution is -2.27. The minimum atomic E-state index is -0.840. The molecule has 0 aliphatic carbocycles. The van der Waals surface area contributed by atoms with Crippen molar-refractivity contribution in [3.05, 3.63) is 29.8 Å². The summed E-state index contributed by atoms with van der Waals surface area (Å²) in [6.07, 6.45) is 2.31. The molecule has 1 aromatic heterocycles. The maximum absolute atomic E-state index is 12.7. The van der Waals surface area contributed by atoms with Gasteiger partial charge in [0.1, 0.15) is 5.82 Å². The van der Waals surface area contributed by atoms with Gasteiger partial charge in [0.05, 0.1) is 12.3 Å². The molecule has 0 amide bonds. The molecule has 4 heteroatoms. The number of nitrogens with two attached hydrogens (primary N) is 1. The van der Waals surface area contributed by atoms with Gasteiger partial charge in [-0.15, -0.1) is 0 Å². The second-order valence-corrected chi connectivity index (χ2v) is 2.95. The third kappa shape index (κ3) is 2.47. The van der Waals surface area contributed by atoms with E-state index < -0.39 is 11.9 Å². The van der Waals surface area contributed by atoms with Crippen molar-refractivity contribution in [1.29, 1.82) is 0 Å². The van der Waals surface area contributed by atoms with E-state index in [4.69, 9.17) is 5.73 Å². The van der Waals surface area contributed by atoms with Gasteiger partial charge >= 0.3 is 0 Å². The molecule has 0 aliphatic rings. The van der Waals surface area contributed by atoms with Crippen LogP contribution in [0, 0.1) is 5.82 Å². The van der Waals surface area contributed by atoms with Crippen LogP contribution < -0.4 is 5.73 Å². The van der Waals surface area contributed by atoms with Gasteiger partial charge in [0.15, 0.2) is 0 Å². The van der Waals surface area contributed by atoms with Gasteiger partial charge in [-0.1, -0.05) is 6.92 Å². The van der Waals surface area contributed by atoms with Gasteiger partial charge < -0.3 is 10.8 Å². The predicted octanol–water partition coefficient (Wildman–Crippen LogP) is 0.991. The third-order valence-corrected chi connectivity index (χ3v) is 1.94. The maximum atomic E-state index is 12.7. The lowest BCUT2D eigenvalue weighted by Gasteiger charge is -2.16. The van der Waals surface area contributed by atoms with Crippen LogP contribution in [-0.4, -0.2) is 16.1 Å². The van der Waals surface area contributed by atoms with Gasteiger partial charge in [-0.2, -0.15) is 0 Å². The van der Waals surface area contributed by atoms with E-state index in [0.717, 1.165) is 6.20 Å². The van der Waals surface area contributed by atoms with Gasteiger partial charge in [0.25, 0.3) is 0 Å². The van der Waals surface area contributed by atoms with Crippen molar-refractivity contribution in [3.63, 3.8) is 0 Å². The summed E-state index contributed by atoms with van der Waals surface area (Å²) in [4.78, 5) is 3.63. The quantitative estimate of drug-likeness (QED) is 0.736. The number of aliphatic hydroxyl groups excluding tert-OH is 1. The summed E-state index contributed by atoms with van der Waals surface area (Å²) in [5.41, 5.74) is 6.02. The van der Waals surface area contributed by atoms with Crippen molar-refractivity contribution < 1.29 is 9.50 Å². The Labute approximate surface area is 76.4 Å². The van der Waals surface area contributed by atoms with Crippen LogP contribution in [0.4, 0.5) is 4.39 Å². The minimum Gasteiger partial charge on any atom is -0.387 e. The normalized spacial score (nSPS) is 15.4. The average molecular weight is 184 g/mol. The molecule has 1 aromatic rings. The molecular weight excluding hydrogens is 171 g/mol. The molecule has 0 aliphatic heterocycles. The average Bonchev–Trinajstić information content (AvgIpc) is 2.15. The molecule has 0 saturated heterocycles. The maximum Gasteiger partial charge on any atom is 0.141 e. The first-order chi connectivity index (χ1) is 6.15. The number of aromatic nitrogens is 1. The van der Waals surface area contributed by atoms with Crippen LogP contribution in [0.15, 0.2) is 18.5 Å². The van der Waals surface area contributed by atoms with Gasteiger partial charge in [-0.05, 0) is 12.5 Å². The Balaban J connectivity index is 2.82. The zero-order valence-electron chi connectivity index (χ0n) is 7.44. The highest BCUT2D eigenvalue weighted by molar-refractivity contribution is 5.14. The first kappa shape index (κ1) is 10.1. The Bertz CT molecular complexity index is 280. The van der Waals surface area contributed by atoms with Crippen molar-refractivity contribution >= 4 is 0 Å². The van der Waals surface area contributed by atoms with Crippen LogP contribution in [0.5, 0.6) is 0 Å². The number of halogens is 1. The molecule has 1 heterocycles. The fourth-order valence-electron chi connectivity index (χ4n) is 1.06. The van der Waals surface area contributed by atoms with Crippen LogP contribution in [-0.2, 0) is 0 Å². The summed E-state index contributed by atoms with van der Waals surface area (Å²) in [6, 6.07) is 0.872. The number of pyridine rings is 1. The van der Waals surface area contributed by atoms with E-state index >= 15 is 0 Å². The van der Waals surface area contributed by atoms with Crippen molar-refractivity contribution in [2.24, 2.45) is 5.73 Å². The molecule has 72 valence electrons. The fraction of sp³-hybridized carbons (Fsp3) is 0.444. The second-order valence-electron chi connectivity index (χ2n) is 2.95. The Hall–Kier alpha value is -1.00.